The minimum Gasteiger partial charge on any atom is -0.370 e. The Kier molecular flexibility index (Phi) is 4.42. The van der Waals surface area contributed by atoms with Crippen molar-refractivity contribution in [2.24, 2.45) is 10.7 Å². The van der Waals surface area contributed by atoms with Gasteiger partial charge in [0.15, 0.2) is 5.96 Å². The number of nitrogens with zero attached hydrogens (tertiary/aromatic N) is 2. The fourth-order valence-corrected chi connectivity index (χ4v) is 2.21. The second-order valence-electron chi connectivity index (χ2n) is 3.53. The van der Waals surface area contributed by atoms with Crippen LogP contribution in [-0.4, -0.2) is 41.5 Å². The van der Waals surface area contributed by atoms with Crippen molar-refractivity contribution in [2.45, 2.75) is 26.3 Å². The van der Waals surface area contributed by atoms with Crippen LogP contribution in [0.2, 0.25) is 0 Å². The third kappa shape index (κ3) is 3.89. The van der Waals surface area contributed by atoms with Crippen molar-refractivity contribution < 1.29 is 0 Å². The summed E-state index contributed by atoms with van der Waals surface area (Å²) >= 11 is 2.00. The van der Waals surface area contributed by atoms with E-state index < -0.39 is 0 Å². The SMILES string of the molecule is CC(C)N=C(N)N1CCCSCC1. The highest BCUT2D eigenvalue weighted by Gasteiger charge is 2.10. The zero-order valence-electron chi connectivity index (χ0n) is 8.49. The minimum absolute atomic E-state index is 0.302. The van der Waals surface area contributed by atoms with Gasteiger partial charge in [-0.05, 0) is 26.0 Å². The highest BCUT2D eigenvalue weighted by molar-refractivity contribution is 7.99. The van der Waals surface area contributed by atoms with Crippen molar-refractivity contribution in [3.63, 3.8) is 0 Å². The van der Waals surface area contributed by atoms with E-state index in [1.807, 2.05) is 11.8 Å². The Morgan fingerprint density at radius 1 is 1.38 bits per heavy atom. The maximum Gasteiger partial charge on any atom is 0.191 e. The third-order valence-corrected chi connectivity index (χ3v) is 2.99. The lowest BCUT2D eigenvalue weighted by molar-refractivity contribution is 0.442. The molecule has 0 aromatic heterocycles. The van der Waals surface area contributed by atoms with Gasteiger partial charge in [-0.1, -0.05) is 0 Å². The molecule has 0 bridgehead atoms. The smallest absolute Gasteiger partial charge is 0.191 e. The quantitative estimate of drug-likeness (QED) is 0.511. The van der Waals surface area contributed by atoms with E-state index in [4.69, 9.17) is 5.73 Å². The van der Waals surface area contributed by atoms with E-state index in [1.54, 1.807) is 0 Å². The molecule has 1 rings (SSSR count). The first-order valence-electron chi connectivity index (χ1n) is 4.86. The van der Waals surface area contributed by atoms with Gasteiger partial charge in [0.2, 0.25) is 0 Å². The second kappa shape index (κ2) is 5.37. The molecule has 0 spiro atoms. The van der Waals surface area contributed by atoms with Gasteiger partial charge in [-0.15, -0.1) is 0 Å². The third-order valence-electron chi connectivity index (χ3n) is 1.94. The molecule has 0 radical (unpaired) electrons. The average molecular weight is 201 g/mol. The predicted molar refractivity (Wildman–Crippen MR) is 60.3 cm³/mol. The first-order valence-corrected chi connectivity index (χ1v) is 6.01. The molecule has 13 heavy (non-hydrogen) atoms. The molecule has 1 heterocycles. The van der Waals surface area contributed by atoms with E-state index in [2.05, 4.69) is 23.7 Å². The maximum absolute atomic E-state index is 5.89. The molecule has 76 valence electrons. The summed E-state index contributed by atoms with van der Waals surface area (Å²) in [5, 5.41) is 0. The Hall–Kier alpha value is -0.380. The first kappa shape index (κ1) is 10.7. The van der Waals surface area contributed by atoms with Gasteiger partial charge in [0.05, 0.1) is 0 Å². The van der Waals surface area contributed by atoms with E-state index in [-0.39, 0.29) is 0 Å². The zero-order chi connectivity index (χ0) is 9.68. The van der Waals surface area contributed by atoms with Crippen molar-refractivity contribution in [1.82, 2.24) is 4.90 Å². The summed E-state index contributed by atoms with van der Waals surface area (Å²) in [6.07, 6.45) is 1.22. The van der Waals surface area contributed by atoms with Gasteiger partial charge >= 0.3 is 0 Å². The molecule has 1 fully saturated rings. The minimum atomic E-state index is 0.302. The van der Waals surface area contributed by atoms with Crippen LogP contribution in [0.5, 0.6) is 0 Å². The summed E-state index contributed by atoms with van der Waals surface area (Å²) in [6.45, 7) is 6.22. The number of hydrogen-bond acceptors (Lipinski definition) is 2. The normalized spacial score (nSPS) is 20.5. The summed E-state index contributed by atoms with van der Waals surface area (Å²) in [5.74, 6) is 3.15. The highest BCUT2D eigenvalue weighted by atomic mass is 32.2. The van der Waals surface area contributed by atoms with E-state index in [1.165, 1.54) is 17.9 Å². The Morgan fingerprint density at radius 2 is 2.15 bits per heavy atom. The van der Waals surface area contributed by atoms with Crippen LogP contribution in [-0.2, 0) is 0 Å². The van der Waals surface area contributed by atoms with Crippen molar-refractivity contribution in [3.05, 3.63) is 0 Å². The van der Waals surface area contributed by atoms with E-state index in [0.717, 1.165) is 19.0 Å². The van der Waals surface area contributed by atoms with Gasteiger partial charge < -0.3 is 10.6 Å². The summed E-state index contributed by atoms with van der Waals surface area (Å²) < 4.78 is 0. The summed E-state index contributed by atoms with van der Waals surface area (Å²) in [6, 6.07) is 0.302. The highest BCUT2D eigenvalue weighted by Crippen LogP contribution is 2.09. The Morgan fingerprint density at radius 3 is 2.85 bits per heavy atom. The van der Waals surface area contributed by atoms with Crippen molar-refractivity contribution in [2.75, 3.05) is 24.6 Å². The predicted octanol–water partition coefficient (Wildman–Crippen LogP) is 1.15. The van der Waals surface area contributed by atoms with E-state index in [9.17, 15) is 0 Å². The van der Waals surface area contributed by atoms with Crippen LogP contribution in [0, 0.1) is 0 Å². The summed E-state index contributed by atoms with van der Waals surface area (Å²) in [4.78, 5) is 6.55. The van der Waals surface area contributed by atoms with Crippen LogP contribution in [0.3, 0.4) is 0 Å². The lowest BCUT2D eigenvalue weighted by atomic mass is 10.4. The van der Waals surface area contributed by atoms with Crippen molar-refractivity contribution in [3.8, 4) is 0 Å². The first-order chi connectivity index (χ1) is 6.20. The molecule has 0 atom stereocenters. The second-order valence-corrected chi connectivity index (χ2v) is 4.76. The van der Waals surface area contributed by atoms with Gasteiger partial charge in [-0.3, -0.25) is 4.99 Å². The molecule has 1 aliphatic rings. The van der Waals surface area contributed by atoms with Crippen LogP contribution in [0.15, 0.2) is 4.99 Å². The van der Waals surface area contributed by atoms with Crippen LogP contribution < -0.4 is 5.73 Å². The van der Waals surface area contributed by atoms with E-state index >= 15 is 0 Å². The standard InChI is InChI=1S/C9H19N3S/c1-8(2)11-9(10)12-4-3-6-13-7-5-12/h8H,3-7H2,1-2H3,(H2,10,11). The van der Waals surface area contributed by atoms with Crippen LogP contribution >= 0.6 is 11.8 Å². The maximum atomic E-state index is 5.89. The topological polar surface area (TPSA) is 41.6 Å². The van der Waals surface area contributed by atoms with Crippen molar-refractivity contribution >= 4 is 17.7 Å². The lowest BCUT2D eigenvalue weighted by Crippen LogP contribution is -2.39. The Labute approximate surface area is 84.8 Å². The molecule has 1 aliphatic heterocycles. The lowest BCUT2D eigenvalue weighted by Gasteiger charge is -2.21. The summed E-state index contributed by atoms with van der Waals surface area (Å²) in [7, 11) is 0. The van der Waals surface area contributed by atoms with Gasteiger partial charge in [0, 0.05) is 24.9 Å². The molecule has 4 heteroatoms. The molecule has 0 amide bonds. The number of hydrogen-bond donors (Lipinski definition) is 1. The van der Waals surface area contributed by atoms with Gasteiger partial charge in [-0.2, -0.15) is 11.8 Å². The number of thioether (sulfide) groups is 1. The molecule has 1 saturated heterocycles. The van der Waals surface area contributed by atoms with Crippen molar-refractivity contribution in [1.29, 1.82) is 0 Å². The Bertz CT molecular complexity index is 172. The number of rotatable bonds is 1. The largest absolute Gasteiger partial charge is 0.370 e. The van der Waals surface area contributed by atoms with Crippen LogP contribution in [0.4, 0.5) is 0 Å². The number of guanidine groups is 1. The molecule has 0 aliphatic carbocycles. The number of nitrogens with two attached hydrogens (primary N) is 1. The van der Waals surface area contributed by atoms with E-state index in [0.29, 0.717) is 6.04 Å². The Balaban J connectivity index is 2.48. The molecular weight excluding hydrogens is 182 g/mol. The van der Waals surface area contributed by atoms with Gasteiger partial charge in [-0.25, -0.2) is 0 Å². The van der Waals surface area contributed by atoms with Crippen LogP contribution in [0.25, 0.3) is 0 Å². The van der Waals surface area contributed by atoms with Gasteiger partial charge in [0.1, 0.15) is 0 Å². The molecule has 0 unspecified atom stereocenters. The number of aliphatic imine (C=N–C) groups is 1. The molecule has 0 aromatic rings. The van der Waals surface area contributed by atoms with Crippen LogP contribution in [0.1, 0.15) is 20.3 Å². The molecule has 3 nitrogen and oxygen atoms in total. The molecule has 2 N–H and O–H groups in total. The fraction of sp³-hybridized carbons (Fsp3) is 0.889. The molecule has 0 aromatic carbocycles. The zero-order valence-corrected chi connectivity index (χ0v) is 9.31. The average Bonchev–Trinajstić information content (AvgIpc) is 2.29. The monoisotopic (exact) mass is 201 g/mol. The molecular formula is C9H19N3S. The molecule has 0 saturated carbocycles. The van der Waals surface area contributed by atoms with Gasteiger partial charge in [0.25, 0.3) is 0 Å². The fourth-order valence-electron chi connectivity index (χ4n) is 1.32. The summed E-state index contributed by atoms with van der Waals surface area (Å²) in [5.41, 5.74) is 5.89.